The summed E-state index contributed by atoms with van der Waals surface area (Å²) in [7, 11) is 1.44. The van der Waals surface area contributed by atoms with Crippen LogP contribution in [0.25, 0.3) is 0 Å². The van der Waals surface area contributed by atoms with Crippen LogP contribution in [-0.2, 0) is 0 Å². The zero-order valence-corrected chi connectivity index (χ0v) is 10.6. The van der Waals surface area contributed by atoms with E-state index in [1.165, 1.54) is 25.6 Å². The number of carbonyl (C=O) groups excluding carboxylic acids is 1. The van der Waals surface area contributed by atoms with E-state index < -0.39 is 5.91 Å². The molecule has 0 radical (unpaired) electrons. The Balaban J connectivity index is 2.38. The van der Waals surface area contributed by atoms with Gasteiger partial charge in [-0.15, -0.1) is 0 Å². The van der Waals surface area contributed by atoms with E-state index in [1.54, 1.807) is 18.2 Å². The number of para-hydroxylation sites is 1. The number of amides is 1. The molecule has 2 aromatic rings. The Kier molecular flexibility index (Phi) is 3.82. The topological polar surface area (TPSA) is 95.2 Å². The first-order valence-corrected chi connectivity index (χ1v) is 5.68. The number of hydrogen-bond donors (Lipinski definition) is 2. The van der Waals surface area contributed by atoms with Gasteiger partial charge in [-0.2, -0.15) is 5.26 Å². The number of anilines is 1. The van der Waals surface area contributed by atoms with E-state index in [-0.39, 0.29) is 22.6 Å². The molecule has 1 heterocycles. The highest BCUT2D eigenvalue weighted by Gasteiger charge is 2.16. The van der Waals surface area contributed by atoms with Gasteiger partial charge in [0.25, 0.3) is 5.91 Å². The second kappa shape index (κ2) is 5.71. The third kappa shape index (κ3) is 2.52. The quantitative estimate of drug-likeness (QED) is 0.887. The number of benzene rings is 1. The van der Waals surface area contributed by atoms with Crippen molar-refractivity contribution in [1.29, 1.82) is 5.26 Å². The minimum absolute atomic E-state index is 0.0646. The molecule has 1 aromatic carbocycles. The maximum absolute atomic E-state index is 12.1. The van der Waals surface area contributed by atoms with Gasteiger partial charge in [0, 0.05) is 6.20 Å². The van der Waals surface area contributed by atoms with Gasteiger partial charge in [0.2, 0.25) is 0 Å². The zero-order chi connectivity index (χ0) is 14.5. The summed E-state index contributed by atoms with van der Waals surface area (Å²) in [4.78, 5) is 15.8. The van der Waals surface area contributed by atoms with Gasteiger partial charge in [0.15, 0.2) is 0 Å². The van der Waals surface area contributed by atoms with Crippen LogP contribution >= 0.6 is 0 Å². The van der Waals surface area contributed by atoms with Crippen LogP contribution < -0.4 is 10.1 Å². The van der Waals surface area contributed by atoms with Gasteiger partial charge in [-0.05, 0) is 18.2 Å². The summed E-state index contributed by atoms with van der Waals surface area (Å²) in [5.41, 5.74) is 0.597. The molecule has 0 atom stereocenters. The van der Waals surface area contributed by atoms with Crippen molar-refractivity contribution in [1.82, 2.24) is 4.98 Å². The SMILES string of the molecule is COc1cccc(C#N)c1NC(=O)c1ccncc1O. The van der Waals surface area contributed by atoms with E-state index in [2.05, 4.69) is 10.3 Å². The van der Waals surface area contributed by atoms with Crippen molar-refractivity contribution >= 4 is 11.6 Å². The number of ether oxygens (including phenoxy) is 1. The maximum atomic E-state index is 12.1. The predicted molar refractivity (Wildman–Crippen MR) is 71.6 cm³/mol. The van der Waals surface area contributed by atoms with E-state index in [0.717, 1.165) is 0 Å². The molecule has 0 unspecified atom stereocenters. The molecule has 2 rings (SSSR count). The van der Waals surface area contributed by atoms with Crippen LogP contribution in [0.1, 0.15) is 15.9 Å². The number of pyridine rings is 1. The lowest BCUT2D eigenvalue weighted by Crippen LogP contribution is -2.14. The van der Waals surface area contributed by atoms with Crippen molar-refractivity contribution in [2.24, 2.45) is 0 Å². The first-order valence-electron chi connectivity index (χ1n) is 5.68. The fraction of sp³-hybridized carbons (Fsp3) is 0.0714. The van der Waals surface area contributed by atoms with Gasteiger partial charge in [0.1, 0.15) is 23.3 Å². The van der Waals surface area contributed by atoms with Crippen LogP contribution in [0.5, 0.6) is 11.5 Å². The van der Waals surface area contributed by atoms with E-state index in [1.807, 2.05) is 6.07 Å². The molecule has 2 N–H and O–H groups in total. The van der Waals surface area contributed by atoms with E-state index in [0.29, 0.717) is 5.75 Å². The van der Waals surface area contributed by atoms with Crippen molar-refractivity contribution in [3.8, 4) is 17.6 Å². The van der Waals surface area contributed by atoms with Gasteiger partial charge in [0.05, 0.1) is 24.4 Å². The molecule has 20 heavy (non-hydrogen) atoms. The fourth-order valence-corrected chi connectivity index (χ4v) is 1.68. The highest BCUT2D eigenvalue weighted by Crippen LogP contribution is 2.29. The summed E-state index contributed by atoms with van der Waals surface area (Å²) < 4.78 is 5.11. The highest BCUT2D eigenvalue weighted by atomic mass is 16.5. The number of aromatic hydroxyl groups is 1. The third-order valence-corrected chi connectivity index (χ3v) is 2.65. The van der Waals surface area contributed by atoms with Gasteiger partial charge in [-0.1, -0.05) is 6.07 Å². The van der Waals surface area contributed by atoms with Gasteiger partial charge in [-0.25, -0.2) is 0 Å². The minimum Gasteiger partial charge on any atom is -0.505 e. The molecule has 0 saturated carbocycles. The van der Waals surface area contributed by atoms with Crippen molar-refractivity contribution in [3.05, 3.63) is 47.8 Å². The van der Waals surface area contributed by atoms with E-state index in [4.69, 9.17) is 10.00 Å². The average Bonchev–Trinajstić information content (AvgIpc) is 2.47. The molecule has 0 saturated heterocycles. The smallest absolute Gasteiger partial charge is 0.259 e. The van der Waals surface area contributed by atoms with Crippen molar-refractivity contribution in [2.75, 3.05) is 12.4 Å². The lowest BCUT2D eigenvalue weighted by molar-refractivity contribution is 0.102. The molecule has 0 spiro atoms. The third-order valence-electron chi connectivity index (χ3n) is 2.65. The first-order chi connectivity index (χ1) is 9.67. The Labute approximate surface area is 115 Å². The number of carbonyl (C=O) groups is 1. The second-order valence-electron chi connectivity index (χ2n) is 3.84. The Bertz CT molecular complexity index is 692. The summed E-state index contributed by atoms with van der Waals surface area (Å²) >= 11 is 0. The van der Waals surface area contributed by atoms with Crippen molar-refractivity contribution in [3.63, 3.8) is 0 Å². The highest BCUT2D eigenvalue weighted by molar-refractivity contribution is 6.07. The molecule has 100 valence electrons. The Morgan fingerprint density at radius 1 is 1.45 bits per heavy atom. The van der Waals surface area contributed by atoms with E-state index >= 15 is 0 Å². The number of aromatic nitrogens is 1. The maximum Gasteiger partial charge on any atom is 0.259 e. The largest absolute Gasteiger partial charge is 0.505 e. The summed E-state index contributed by atoms with van der Waals surface area (Å²) in [6.07, 6.45) is 2.56. The normalized spacial score (nSPS) is 9.60. The molecule has 1 amide bonds. The molecule has 0 fully saturated rings. The summed E-state index contributed by atoms with van der Waals surface area (Å²) in [6.45, 7) is 0. The standard InChI is InChI=1S/C14H11N3O3/c1-20-12-4-2-3-9(7-15)13(12)17-14(19)10-5-6-16-8-11(10)18/h2-6,8,18H,1H3,(H,17,19). The van der Waals surface area contributed by atoms with Crippen molar-refractivity contribution in [2.45, 2.75) is 0 Å². The second-order valence-corrected chi connectivity index (χ2v) is 3.84. The van der Waals surface area contributed by atoms with Crippen molar-refractivity contribution < 1.29 is 14.6 Å². The Morgan fingerprint density at radius 3 is 2.90 bits per heavy atom. The molecule has 1 aromatic heterocycles. The fourth-order valence-electron chi connectivity index (χ4n) is 1.68. The van der Waals surface area contributed by atoms with E-state index in [9.17, 15) is 9.90 Å². The van der Waals surface area contributed by atoms with Crippen LogP contribution in [-0.4, -0.2) is 23.1 Å². The van der Waals surface area contributed by atoms with Crippen LogP contribution in [0.4, 0.5) is 5.69 Å². The van der Waals surface area contributed by atoms with Crippen LogP contribution in [0, 0.1) is 11.3 Å². The molecule has 0 bridgehead atoms. The Morgan fingerprint density at radius 2 is 2.25 bits per heavy atom. The molecule has 0 aliphatic carbocycles. The molecular formula is C14H11N3O3. The zero-order valence-electron chi connectivity index (χ0n) is 10.6. The molecular weight excluding hydrogens is 258 g/mol. The van der Waals surface area contributed by atoms with Gasteiger partial charge in [-0.3, -0.25) is 9.78 Å². The van der Waals surface area contributed by atoms with Gasteiger partial charge < -0.3 is 15.2 Å². The van der Waals surface area contributed by atoms with Gasteiger partial charge >= 0.3 is 0 Å². The monoisotopic (exact) mass is 269 g/mol. The number of methoxy groups -OCH3 is 1. The minimum atomic E-state index is -0.550. The molecule has 0 aliphatic rings. The number of rotatable bonds is 3. The number of nitrogens with one attached hydrogen (secondary N) is 1. The lowest BCUT2D eigenvalue weighted by Gasteiger charge is -2.12. The number of nitriles is 1. The van der Waals surface area contributed by atoms with Crippen LogP contribution in [0.2, 0.25) is 0 Å². The van der Waals surface area contributed by atoms with Crippen LogP contribution in [0.15, 0.2) is 36.7 Å². The molecule has 6 heteroatoms. The van der Waals surface area contributed by atoms with Crippen LogP contribution in [0.3, 0.4) is 0 Å². The molecule has 6 nitrogen and oxygen atoms in total. The lowest BCUT2D eigenvalue weighted by atomic mass is 10.1. The predicted octanol–water partition coefficient (Wildman–Crippen LogP) is 1.92. The summed E-state index contributed by atoms with van der Waals surface area (Å²) in [5.74, 6) is -0.421. The summed E-state index contributed by atoms with van der Waals surface area (Å²) in [5, 5.41) is 21.2. The molecule has 0 aliphatic heterocycles. The first kappa shape index (κ1) is 13.4. The average molecular weight is 269 g/mol. The summed E-state index contributed by atoms with van der Waals surface area (Å²) in [6, 6.07) is 8.19. The number of hydrogen-bond acceptors (Lipinski definition) is 5. The number of nitrogens with zero attached hydrogens (tertiary/aromatic N) is 2. The Hall–Kier alpha value is -3.07.